The fraction of sp³-hybridized carbons (Fsp3) is 0.0741. The topological polar surface area (TPSA) is 96.6 Å². The summed E-state index contributed by atoms with van der Waals surface area (Å²) in [5.74, 6) is -0.844. The van der Waals surface area contributed by atoms with E-state index in [2.05, 4.69) is 5.32 Å². The predicted molar refractivity (Wildman–Crippen MR) is 126 cm³/mol. The van der Waals surface area contributed by atoms with Gasteiger partial charge < -0.3 is 14.8 Å². The van der Waals surface area contributed by atoms with Crippen LogP contribution >= 0.6 is 0 Å². The summed E-state index contributed by atoms with van der Waals surface area (Å²) >= 11 is 0. The van der Waals surface area contributed by atoms with E-state index in [1.165, 1.54) is 24.3 Å². The molecule has 0 saturated heterocycles. The van der Waals surface area contributed by atoms with Gasteiger partial charge in [-0.05, 0) is 66.5 Å². The van der Waals surface area contributed by atoms with Crippen LogP contribution in [0.1, 0.15) is 44.0 Å². The molecule has 33 heavy (non-hydrogen) atoms. The number of carboxylic acids is 1. The number of amides is 1. The molecule has 1 amide bonds. The Hall–Kier alpha value is -4.45. The Morgan fingerprint density at radius 3 is 2.36 bits per heavy atom. The van der Waals surface area contributed by atoms with Crippen LogP contribution in [-0.2, 0) is 6.42 Å². The fourth-order valence-corrected chi connectivity index (χ4v) is 4.02. The Bertz CT molecular complexity index is 1480. The van der Waals surface area contributed by atoms with Crippen molar-refractivity contribution in [3.8, 4) is 0 Å². The highest BCUT2D eigenvalue weighted by atomic mass is 16.4. The number of carbonyl (C=O) groups is 2. The van der Waals surface area contributed by atoms with Crippen molar-refractivity contribution in [2.75, 3.05) is 5.32 Å². The molecular formula is C27H19NO5. The van der Waals surface area contributed by atoms with Gasteiger partial charge in [-0.2, -0.15) is 0 Å². The Labute approximate surface area is 188 Å². The normalized spacial score (nSPS) is 13.8. The van der Waals surface area contributed by atoms with E-state index in [9.17, 15) is 14.4 Å². The number of aromatic carboxylic acids is 1. The molecule has 0 radical (unpaired) electrons. The largest absolute Gasteiger partial charge is 0.478 e. The molecule has 0 unspecified atom stereocenters. The molecule has 4 aromatic rings. The number of benzene rings is 3. The molecule has 0 spiro atoms. The van der Waals surface area contributed by atoms with Crippen LogP contribution in [0.3, 0.4) is 0 Å². The first-order chi connectivity index (χ1) is 16.0. The van der Waals surface area contributed by atoms with E-state index in [-0.39, 0.29) is 16.9 Å². The number of hydrogen-bond acceptors (Lipinski definition) is 4. The van der Waals surface area contributed by atoms with Crippen molar-refractivity contribution < 1.29 is 19.1 Å². The van der Waals surface area contributed by atoms with Crippen LogP contribution in [0, 0.1) is 0 Å². The highest BCUT2D eigenvalue weighted by Crippen LogP contribution is 2.34. The zero-order valence-corrected chi connectivity index (χ0v) is 17.5. The van der Waals surface area contributed by atoms with Crippen LogP contribution in [0.25, 0.3) is 22.6 Å². The summed E-state index contributed by atoms with van der Waals surface area (Å²) in [7, 11) is 0. The smallest absolute Gasteiger partial charge is 0.335 e. The van der Waals surface area contributed by atoms with Crippen molar-refractivity contribution in [3.05, 3.63) is 111 Å². The van der Waals surface area contributed by atoms with Crippen molar-refractivity contribution in [1.29, 1.82) is 0 Å². The van der Waals surface area contributed by atoms with Crippen LogP contribution < -0.4 is 10.7 Å². The van der Waals surface area contributed by atoms with Gasteiger partial charge in [0.15, 0.2) is 5.43 Å². The Kier molecular flexibility index (Phi) is 5.11. The molecule has 1 aliphatic rings. The maximum absolute atomic E-state index is 13.0. The average molecular weight is 437 g/mol. The summed E-state index contributed by atoms with van der Waals surface area (Å²) in [5, 5.41) is 12.2. The summed E-state index contributed by atoms with van der Waals surface area (Å²) < 4.78 is 6.16. The minimum absolute atomic E-state index is 0.0511. The van der Waals surface area contributed by atoms with E-state index >= 15 is 0 Å². The molecule has 0 bridgehead atoms. The molecule has 1 aromatic heterocycles. The van der Waals surface area contributed by atoms with Crippen LogP contribution in [-0.4, -0.2) is 17.0 Å². The highest BCUT2D eigenvalue weighted by Gasteiger charge is 2.24. The average Bonchev–Trinajstić information content (AvgIpc) is 3.22. The van der Waals surface area contributed by atoms with Gasteiger partial charge >= 0.3 is 5.97 Å². The maximum atomic E-state index is 13.0. The third-order valence-electron chi connectivity index (χ3n) is 5.71. The lowest BCUT2D eigenvalue weighted by molar-refractivity contribution is 0.0696. The molecule has 5 rings (SSSR count). The second kappa shape index (κ2) is 8.24. The standard InChI is InChI=1S/C27H19NO5/c29-24-21-13-11-20(28-26(30)17-6-8-18(9-7-17)27(31)32)15-23(21)33-25-19(10-12-22(24)25)14-16-4-2-1-3-5-16/h1-9,11,13-15H,10,12H2,(H,28,30)(H,31,32)/b19-14+. The molecule has 1 aliphatic carbocycles. The molecular weight excluding hydrogens is 418 g/mol. The third kappa shape index (κ3) is 3.94. The fourth-order valence-electron chi connectivity index (χ4n) is 4.02. The quantitative estimate of drug-likeness (QED) is 0.456. The Morgan fingerprint density at radius 2 is 1.64 bits per heavy atom. The summed E-state index contributed by atoms with van der Waals surface area (Å²) in [6.07, 6.45) is 3.40. The minimum Gasteiger partial charge on any atom is -0.478 e. The molecule has 0 aliphatic heterocycles. The summed E-state index contributed by atoms with van der Waals surface area (Å²) in [6.45, 7) is 0. The molecule has 1 heterocycles. The number of nitrogens with one attached hydrogen (secondary N) is 1. The molecule has 6 nitrogen and oxygen atoms in total. The number of anilines is 1. The zero-order chi connectivity index (χ0) is 22.9. The van der Waals surface area contributed by atoms with Crippen molar-refractivity contribution in [2.24, 2.45) is 0 Å². The summed E-state index contributed by atoms with van der Waals surface area (Å²) in [5.41, 5.74) is 3.95. The zero-order valence-electron chi connectivity index (χ0n) is 17.5. The van der Waals surface area contributed by atoms with Gasteiger partial charge in [0, 0.05) is 22.9 Å². The lowest BCUT2D eigenvalue weighted by Gasteiger charge is -2.08. The van der Waals surface area contributed by atoms with Gasteiger partial charge in [0.05, 0.1) is 10.9 Å². The lowest BCUT2D eigenvalue weighted by Crippen LogP contribution is -2.13. The molecule has 0 fully saturated rings. The van der Waals surface area contributed by atoms with Crippen LogP contribution in [0.2, 0.25) is 0 Å². The van der Waals surface area contributed by atoms with Gasteiger partial charge in [0.25, 0.3) is 5.91 Å². The van der Waals surface area contributed by atoms with Gasteiger partial charge in [-0.3, -0.25) is 9.59 Å². The number of hydrogen-bond donors (Lipinski definition) is 2. The molecule has 2 N–H and O–H groups in total. The number of fused-ring (bicyclic) bond motifs is 2. The number of rotatable bonds is 4. The van der Waals surface area contributed by atoms with Crippen LogP contribution in [0.5, 0.6) is 0 Å². The van der Waals surface area contributed by atoms with E-state index < -0.39 is 5.97 Å². The second-order valence-electron chi connectivity index (χ2n) is 7.87. The first-order valence-electron chi connectivity index (χ1n) is 10.5. The van der Waals surface area contributed by atoms with Crippen molar-refractivity contribution >= 4 is 40.2 Å². The number of carboxylic acid groups (broad SMARTS) is 1. The third-order valence-corrected chi connectivity index (χ3v) is 5.71. The van der Waals surface area contributed by atoms with E-state index in [1.807, 2.05) is 36.4 Å². The highest BCUT2D eigenvalue weighted by molar-refractivity contribution is 6.05. The van der Waals surface area contributed by atoms with Gasteiger partial charge in [-0.1, -0.05) is 30.3 Å². The number of allylic oxidation sites excluding steroid dienone is 1. The Morgan fingerprint density at radius 1 is 0.909 bits per heavy atom. The van der Waals surface area contributed by atoms with Crippen LogP contribution in [0.4, 0.5) is 5.69 Å². The first kappa shape index (κ1) is 20.5. The van der Waals surface area contributed by atoms with Gasteiger partial charge in [-0.15, -0.1) is 0 Å². The lowest BCUT2D eigenvalue weighted by atomic mass is 10.1. The van der Waals surface area contributed by atoms with E-state index in [4.69, 9.17) is 9.52 Å². The molecule has 0 atom stereocenters. The maximum Gasteiger partial charge on any atom is 0.335 e. The van der Waals surface area contributed by atoms with Gasteiger partial charge in [-0.25, -0.2) is 4.79 Å². The number of carbonyl (C=O) groups excluding carboxylic acids is 1. The van der Waals surface area contributed by atoms with Crippen molar-refractivity contribution in [3.63, 3.8) is 0 Å². The second-order valence-corrected chi connectivity index (χ2v) is 7.87. The molecule has 162 valence electrons. The Balaban J connectivity index is 1.47. The van der Waals surface area contributed by atoms with Gasteiger partial charge in [0.2, 0.25) is 0 Å². The van der Waals surface area contributed by atoms with E-state index in [0.717, 1.165) is 17.6 Å². The van der Waals surface area contributed by atoms with Crippen LogP contribution in [0.15, 0.2) is 82.0 Å². The summed E-state index contributed by atoms with van der Waals surface area (Å²) in [6, 6.07) is 20.5. The SMILES string of the molecule is O=C(O)c1ccc(C(=O)Nc2ccc3c(=O)c4c(oc3c2)/C(=C/c2ccccc2)CC4)cc1. The molecule has 0 saturated carbocycles. The van der Waals surface area contributed by atoms with E-state index in [1.54, 1.807) is 18.2 Å². The molecule has 6 heteroatoms. The predicted octanol–water partition coefficient (Wildman–Crippen LogP) is 5.23. The first-order valence-corrected chi connectivity index (χ1v) is 10.5. The van der Waals surface area contributed by atoms with Crippen molar-refractivity contribution in [1.82, 2.24) is 0 Å². The minimum atomic E-state index is -1.06. The van der Waals surface area contributed by atoms with Crippen molar-refractivity contribution in [2.45, 2.75) is 12.8 Å². The van der Waals surface area contributed by atoms with E-state index in [0.29, 0.717) is 40.0 Å². The summed E-state index contributed by atoms with van der Waals surface area (Å²) in [4.78, 5) is 36.6. The molecule has 3 aromatic carbocycles. The van der Waals surface area contributed by atoms with Gasteiger partial charge in [0.1, 0.15) is 11.3 Å². The monoisotopic (exact) mass is 437 g/mol.